The van der Waals surface area contributed by atoms with Crippen LogP contribution in [0.25, 0.3) is 0 Å². The van der Waals surface area contributed by atoms with E-state index in [1.54, 1.807) is 12.1 Å². The Kier molecular flexibility index (Phi) is 2.82. The highest BCUT2D eigenvalue weighted by Gasteiger charge is 2.08. The smallest absolute Gasteiger partial charge is 0.132 e. The van der Waals surface area contributed by atoms with Gasteiger partial charge in [-0.1, -0.05) is 13.8 Å². The zero-order valence-electron chi connectivity index (χ0n) is 7.00. The largest absolute Gasteiger partial charge is 0.507 e. The molecule has 0 aliphatic heterocycles. The molecule has 2 N–H and O–H groups in total. The number of phenolic OH excluding ortho intramolecular Hbond substituents is 2. The van der Waals surface area contributed by atoms with Gasteiger partial charge >= 0.3 is 0 Å². The van der Waals surface area contributed by atoms with E-state index in [1.165, 1.54) is 0 Å². The van der Waals surface area contributed by atoms with Gasteiger partial charge in [-0.15, -0.1) is 0 Å². The van der Waals surface area contributed by atoms with E-state index < -0.39 is 0 Å². The lowest BCUT2D eigenvalue weighted by molar-refractivity contribution is 0.441. The molecule has 0 aliphatic carbocycles. The van der Waals surface area contributed by atoms with Crippen molar-refractivity contribution in [2.75, 3.05) is 0 Å². The summed E-state index contributed by atoms with van der Waals surface area (Å²) in [5.74, 6) is 0.623. The van der Waals surface area contributed by atoms with Gasteiger partial charge in [0.2, 0.25) is 0 Å². The Bertz CT molecular complexity index is 272. The number of benzene rings is 1. The number of halogens is 1. The number of phenols is 2. The first kappa shape index (κ1) is 9.64. The summed E-state index contributed by atoms with van der Waals surface area (Å²) in [6.07, 6.45) is 0. The van der Waals surface area contributed by atoms with Crippen molar-refractivity contribution in [3.63, 3.8) is 0 Å². The minimum absolute atomic E-state index is 0.152. The van der Waals surface area contributed by atoms with Gasteiger partial charge in [-0.2, -0.15) is 0 Å². The molecule has 1 aromatic carbocycles. The number of hydrogen-bond acceptors (Lipinski definition) is 2. The van der Waals surface area contributed by atoms with Crippen LogP contribution in [0.3, 0.4) is 0 Å². The maximum absolute atomic E-state index is 9.36. The first-order chi connectivity index (χ1) is 5.52. The van der Waals surface area contributed by atoms with Crippen molar-refractivity contribution >= 4 is 22.6 Å². The summed E-state index contributed by atoms with van der Waals surface area (Å²) in [6, 6.07) is 3.37. The van der Waals surface area contributed by atoms with E-state index >= 15 is 0 Å². The highest BCUT2D eigenvalue weighted by molar-refractivity contribution is 14.1. The van der Waals surface area contributed by atoms with E-state index in [0.717, 1.165) is 5.56 Å². The molecule has 0 aromatic heterocycles. The van der Waals surface area contributed by atoms with E-state index in [9.17, 15) is 10.2 Å². The first-order valence-electron chi connectivity index (χ1n) is 3.73. The van der Waals surface area contributed by atoms with Crippen LogP contribution in [0.5, 0.6) is 11.5 Å². The second kappa shape index (κ2) is 3.51. The summed E-state index contributed by atoms with van der Waals surface area (Å²) in [7, 11) is 0. The van der Waals surface area contributed by atoms with Gasteiger partial charge < -0.3 is 10.2 Å². The molecule has 12 heavy (non-hydrogen) atoms. The summed E-state index contributed by atoms with van der Waals surface area (Å²) in [5.41, 5.74) is 0.949. The van der Waals surface area contributed by atoms with Crippen molar-refractivity contribution in [1.82, 2.24) is 0 Å². The maximum Gasteiger partial charge on any atom is 0.132 e. The standard InChI is InChI=1S/C9H11IO2/c1-5(2)6-3-7(11)9(10)8(12)4-6/h3-5,11-12H,1-2H3. The molecule has 0 atom stereocenters. The van der Waals surface area contributed by atoms with Crippen molar-refractivity contribution in [2.45, 2.75) is 19.8 Å². The van der Waals surface area contributed by atoms with Gasteiger partial charge in [0.15, 0.2) is 0 Å². The molecule has 1 rings (SSSR count). The lowest BCUT2D eigenvalue weighted by atomic mass is 10.0. The lowest BCUT2D eigenvalue weighted by Crippen LogP contribution is -1.88. The molecule has 0 fully saturated rings. The minimum Gasteiger partial charge on any atom is -0.507 e. The Morgan fingerprint density at radius 2 is 1.58 bits per heavy atom. The van der Waals surface area contributed by atoms with Crippen LogP contribution in [-0.2, 0) is 0 Å². The van der Waals surface area contributed by atoms with Crippen LogP contribution < -0.4 is 0 Å². The predicted octanol–water partition coefficient (Wildman–Crippen LogP) is 2.83. The first-order valence-corrected chi connectivity index (χ1v) is 4.81. The number of hydrogen-bond donors (Lipinski definition) is 2. The second-order valence-electron chi connectivity index (χ2n) is 3.03. The van der Waals surface area contributed by atoms with Gasteiger partial charge in [-0.05, 0) is 46.2 Å². The average Bonchev–Trinajstić information content (AvgIpc) is 1.99. The number of aromatic hydroxyl groups is 2. The Hall–Kier alpha value is -0.450. The van der Waals surface area contributed by atoms with Gasteiger partial charge in [-0.3, -0.25) is 0 Å². The van der Waals surface area contributed by atoms with Crippen molar-refractivity contribution < 1.29 is 10.2 Å². The fourth-order valence-electron chi connectivity index (χ4n) is 0.949. The van der Waals surface area contributed by atoms with Crippen molar-refractivity contribution in [1.29, 1.82) is 0 Å². The van der Waals surface area contributed by atoms with Gasteiger partial charge in [0.05, 0.1) is 3.57 Å². The molecule has 66 valence electrons. The predicted molar refractivity (Wildman–Crippen MR) is 56.6 cm³/mol. The van der Waals surface area contributed by atoms with Gasteiger partial charge in [-0.25, -0.2) is 0 Å². The van der Waals surface area contributed by atoms with Crippen LogP contribution in [0.15, 0.2) is 12.1 Å². The van der Waals surface area contributed by atoms with E-state index in [2.05, 4.69) is 0 Å². The fourth-order valence-corrected chi connectivity index (χ4v) is 1.26. The molecule has 0 spiro atoms. The number of rotatable bonds is 1. The van der Waals surface area contributed by atoms with E-state index in [0.29, 0.717) is 9.49 Å². The van der Waals surface area contributed by atoms with Crippen LogP contribution in [0.4, 0.5) is 0 Å². The van der Waals surface area contributed by atoms with Crippen molar-refractivity contribution in [2.24, 2.45) is 0 Å². The summed E-state index contributed by atoms with van der Waals surface area (Å²) in [5, 5.41) is 18.7. The topological polar surface area (TPSA) is 40.5 Å². The Morgan fingerprint density at radius 3 is 1.92 bits per heavy atom. The SMILES string of the molecule is CC(C)c1cc(O)c(I)c(O)c1. The molecule has 0 bridgehead atoms. The molecule has 0 unspecified atom stereocenters. The summed E-state index contributed by atoms with van der Waals surface area (Å²) in [6.45, 7) is 4.03. The van der Waals surface area contributed by atoms with Gasteiger partial charge in [0.1, 0.15) is 11.5 Å². The van der Waals surface area contributed by atoms with E-state index in [1.807, 2.05) is 36.4 Å². The second-order valence-corrected chi connectivity index (χ2v) is 4.11. The monoisotopic (exact) mass is 278 g/mol. The normalized spacial score (nSPS) is 10.7. The molecular formula is C9H11IO2. The third kappa shape index (κ3) is 1.83. The van der Waals surface area contributed by atoms with E-state index in [-0.39, 0.29) is 11.5 Å². The van der Waals surface area contributed by atoms with Crippen LogP contribution in [0.2, 0.25) is 0 Å². The van der Waals surface area contributed by atoms with Crippen LogP contribution >= 0.6 is 22.6 Å². The Morgan fingerprint density at radius 1 is 1.17 bits per heavy atom. The molecule has 0 radical (unpaired) electrons. The minimum atomic E-state index is 0.152. The zero-order chi connectivity index (χ0) is 9.30. The van der Waals surface area contributed by atoms with Gasteiger partial charge in [0, 0.05) is 0 Å². The van der Waals surface area contributed by atoms with Crippen LogP contribution in [0, 0.1) is 3.57 Å². The summed E-state index contributed by atoms with van der Waals surface area (Å²) in [4.78, 5) is 0. The van der Waals surface area contributed by atoms with Crippen LogP contribution in [-0.4, -0.2) is 10.2 Å². The highest BCUT2D eigenvalue weighted by Crippen LogP contribution is 2.32. The summed E-state index contributed by atoms with van der Waals surface area (Å²) >= 11 is 1.91. The quantitative estimate of drug-likeness (QED) is 0.775. The van der Waals surface area contributed by atoms with E-state index in [4.69, 9.17) is 0 Å². The average molecular weight is 278 g/mol. The molecule has 0 amide bonds. The van der Waals surface area contributed by atoms with Crippen LogP contribution in [0.1, 0.15) is 25.3 Å². The molecule has 0 heterocycles. The fraction of sp³-hybridized carbons (Fsp3) is 0.333. The Labute approximate surface area is 85.4 Å². The molecule has 1 aromatic rings. The molecular weight excluding hydrogens is 267 g/mol. The zero-order valence-corrected chi connectivity index (χ0v) is 9.16. The molecule has 0 saturated heterocycles. The van der Waals surface area contributed by atoms with Gasteiger partial charge in [0.25, 0.3) is 0 Å². The molecule has 2 nitrogen and oxygen atoms in total. The third-order valence-corrected chi connectivity index (χ3v) is 2.83. The Balaban J connectivity index is 3.21. The molecule has 0 saturated carbocycles. The highest BCUT2D eigenvalue weighted by atomic mass is 127. The van der Waals surface area contributed by atoms with Crippen molar-refractivity contribution in [3.05, 3.63) is 21.3 Å². The maximum atomic E-state index is 9.36. The molecule has 0 aliphatic rings. The summed E-state index contributed by atoms with van der Waals surface area (Å²) < 4.78 is 0.511. The lowest BCUT2D eigenvalue weighted by Gasteiger charge is -2.08. The van der Waals surface area contributed by atoms with Crippen molar-refractivity contribution in [3.8, 4) is 11.5 Å². The third-order valence-electron chi connectivity index (χ3n) is 1.72. The molecule has 3 heteroatoms.